The Morgan fingerprint density at radius 3 is 2.95 bits per heavy atom. The maximum Gasteiger partial charge on any atom is 0.254 e. The van der Waals surface area contributed by atoms with E-state index in [1.165, 1.54) is 6.42 Å². The number of hydrogen-bond acceptors (Lipinski definition) is 3. The van der Waals surface area contributed by atoms with Crippen LogP contribution in [0.15, 0.2) is 12.1 Å². The Morgan fingerprint density at radius 1 is 1.45 bits per heavy atom. The van der Waals surface area contributed by atoms with E-state index in [2.05, 4.69) is 17.2 Å². The molecule has 1 unspecified atom stereocenters. The first-order chi connectivity index (χ1) is 9.65. The first kappa shape index (κ1) is 15.1. The Balaban J connectivity index is 2.23. The molecule has 1 fully saturated rings. The molecule has 0 radical (unpaired) electrons. The monoisotopic (exact) mass is 295 g/mol. The quantitative estimate of drug-likeness (QED) is 0.864. The Kier molecular flexibility index (Phi) is 5.24. The van der Waals surface area contributed by atoms with Gasteiger partial charge in [0, 0.05) is 24.7 Å². The normalized spacial score (nSPS) is 18.9. The van der Waals surface area contributed by atoms with Gasteiger partial charge in [-0.1, -0.05) is 18.5 Å². The molecule has 1 aliphatic heterocycles. The highest BCUT2D eigenvalue weighted by molar-refractivity contribution is 6.29. The molecule has 0 bridgehead atoms. The van der Waals surface area contributed by atoms with Gasteiger partial charge in [-0.3, -0.25) is 4.79 Å². The summed E-state index contributed by atoms with van der Waals surface area (Å²) >= 11 is 6.02. The van der Waals surface area contributed by atoms with Crippen molar-refractivity contribution in [2.45, 2.75) is 45.6 Å². The lowest BCUT2D eigenvalue weighted by Gasteiger charge is -2.35. The highest BCUT2D eigenvalue weighted by Gasteiger charge is 2.26. The molecule has 0 aromatic carbocycles. The lowest BCUT2D eigenvalue weighted by Crippen LogP contribution is -2.43. The van der Waals surface area contributed by atoms with Crippen LogP contribution in [-0.4, -0.2) is 34.9 Å². The molecular formula is C15H22ClN3O. The fraction of sp³-hybridized carbons (Fsp3) is 0.600. The minimum absolute atomic E-state index is 0.0694. The van der Waals surface area contributed by atoms with E-state index in [-0.39, 0.29) is 5.91 Å². The van der Waals surface area contributed by atoms with Crippen molar-refractivity contribution in [1.29, 1.82) is 0 Å². The SMILES string of the molecule is CCNc1cc(C(=O)N2CCCCC2CC)cc(Cl)n1. The molecule has 2 heterocycles. The highest BCUT2D eigenvalue weighted by atomic mass is 35.5. The van der Waals surface area contributed by atoms with E-state index in [0.717, 1.165) is 32.4 Å². The van der Waals surface area contributed by atoms with Gasteiger partial charge in [0.2, 0.25) is 0 Å². The third kappa shape index (κ3) is 3.42. The van der Waals surface area contributed by atoms with Crippen molar-refractivity contribution in [2.24, 2.45) is 0 Å². The zero-order valence-electron chi connectivity index (χ0n) is 12.2. The van der Waals surface area contributed by atoms with Crippen LogP contribution in [0.3, 0.4) is 0 Å². The van der Waals surface area contributed by atoms with Gasteiger partial charge in [0.25, 0.3) is 5.91 Å². The summed E-state index contributed by atoms with van der Waals surface area (Å²) in [5.41, 5.74) is 0.626. The van der Waals surface area contributed by atoms with Crippen molar-refractivity contribution < 1.29 is 4.79 Å². The second kappa shape index (κ2) is 6.93. The van der Waals surface area contributed by atoms with Crippen molar-refractivity contribution in [3.63, 3.8) is 0 Å². The van der Waals surface area contributed by atoms with E-state index in [0.29, 0.717) is 22.6 Å². The summed E-state index contributed by atoms with van der Waals surface area (Å²) < 4.78 is 0. The molecule has 1 atom stereocenters. The fourth-order valence-electron chi connectivity index (χ4n) is 2.75. The number of anilines is 1. The van der Waals surface area contributed by atoms with E-state index < -0.39 is 0 Å². The second-order valence-corrected chi connectivity index (χ2v) is 5.54. The third-order valence-corrected chi connectivity index (χ3v) is 3.95. The van der Waals surface area contributed by atoms with Crippen LogP contribution in [0.5, 0.6) is 0 Å². The van der Waals surface area contributed by atoms with Crippen molar-refractivity contribution in [3.8, 4) is 0 Å². The predicted molar refractivity (Wildman–Crippen MR) is 82.4 cm³/mol. The van der Waals surface area contributed by atoms with E-state index >= 15 is 0 Å². The molecule has 1 aromatic rings. The number of rotatable bonds is 4. The average molecular weight is 296 g/mol. The van der Waals surface area contributed by atoms with Crippen LogP contribution in [0.25, 0.3) is 0 Å². The summed E-state index contributed by atoms with van der Waals surface area (Å²) in [5.74, 6) is 0.730. The Morgan fingerprint density at radius 2 is 2.25 bits per heavy atom. The molecule has 110 valence electrons. The molecule has 1 amide bonds. The molecule has 0 aliphatic carbocycles. The molecule has 0 saturated carbocycles. The summed E-state index contributed by atoms with van der Waals surface area (Å²) in [5, 5.41) is 3.46. The molecule has 20 heavy (non-hydrogen) atoms. The largest absolute Gasteiger partial charge is 0.370 e. The lowest BCUT2D eigenvalue weighted by atomic mass is 9.99. The van der Waals surface area contributed by atoms with Crippen molar-refractivity contribution in [2.75, 3.05) is 18.4 Å². The van der Waals surface area contributed by atoms with Crippen LogP contribution >= 0.6 is 11.6 Å². The number of aromatic nitrogens is 1. The Bertz CT molecular complexity index is 478. The van der Waals surface area contributed by atoms with Gasteiger partial charge in [0.1, 0.15) is 11.0 Å². The van der Waals surface area contributed by atoms with Crippen molar-refractivity contribution >= 4 is 23.3 Å². The fourth-order valence-corrected chi connectivity index (χ4v) is 2.96. The number of hydrogen-bond donors (Lipinski definition) is 1. The zero-order valence-corrected chi connectivity index (χ0v) is 12.9. The topological polar surface area (TPSA) is 45.2 Å². The number of halogens is 1. The second-order valence-electron chi connectivity index (χ2n) is 5.15. The van der Waals surface area contributed by atoms with Crippen LogP contribution in [0.1, 0.15) is 49.9 Å². The van der Waals surface area contributed by atoms with Gasteiger partial charge in [-0.15, -0.1) is 0 Å². The Labute approximate surface area is 125 Å². The summed E-state index contributed by atoms with van der Waals surface area (Å²) in [7, 11) is 0. The summed E-state index contributed by atoms with van der Waals surface area (Å²) in [6.07, 6.45) is 4.40. The van der Waals surface area contributed by atoms with Crippen molar-refractivity contribution in [3.05, 3.63) is 22.8 Å². The molecule has 4 nitrogen and oxygen atoms in total. The van der Waals surface area contributed by atoms with Crippen molar-refractivity contribution in [1.82, 2.24) is 9.88 Å². The van der Waals surface area contributed by atoms with Crippen LogP contribution < -0.4 is 5.32 Å². The van der Waals surface area contributed by atoms with Gasteiger partial charge in [-0.05, 0) is 44.7 Å². The number of nitrogens with one attached hydrogen (secondary N) is 1. The number of carbonyl (C=O) groups excluding carboxylic acids is 1. The first-order valence-corrected chi connectivity index (χ1v) is 7.76. The van der Waals surface area contributed by atoms with E-state index in [1.54, 1.807) is 12.1 Å². The first-order valence-electron chi connectivity index (χ1n) is 7.38. The minimum atomic E-state index is 0.0694. The van der Waals surface area contributed by atoms with Gasteiger partial charge in [-0.25, -0.2) is 4.98 Å². The maximum atomic E-state index is 12.7. The number of nitrogens with zero attached hydrogens (tertiary/aromatic N) is 2. The van der Waals surface area contributed by atoms with E-state index in [4.69, 9.17) is 11.6 Å². The van der Waals surface area contributed by atoms with E-state index in [1.807, 2.05) is 11.8 Å². The number of carbonyl (C=O) groups is 1. The van der Waals surface area contributed by atoms with E-state index in [9.17, 15) is 4.79 Å². The minimum Gasteiger partial charge on any atom is -0.370 e. The number of likely N-dealkylation sites (tertiary alicyclic amines) is 1. The summed E-state index contributed by atoms with van der Waals surface area (Å²) in [4.78, 5) is 18.9. The smallest absolute Gasteiger partial charge is 0.254 e. The van der Waals surface area contributed by atoms with Crippen LogP contribution in [0, 0.1) is 0 Å². The van der Waals surface area contributed by atoms with Crippen LogP contribution in [-0.2, 0) is 0 Å². The molecule has 1 N–H and O–H groups in total. The molecule has 1 saturated heterocycles. The Hall–Kier alpha value is -1.29. The molecular weight excluding hydrogens is 274 g/mol. The van der Waals surface area contributed by atoms with Gasteiger partial charge >= 0.3 is 0 Å². The molecule has 0 spiro atoms. The number of pyridine rings is 1. The molecule has 5 heteroatoms. The lowest BCUT2D eigenvalue weighted by molar-refractivity contribution is 0.0608. The number of piperidine rings is 1. The van der Waals surface area contributed by atoms with Crippen LogP contribution in [0.4, 0.5) is 5.82 Å². The van der Waals surface area contributed by atoms with Gasteiger partial charge in [0.15, 0.2) is 0 Å². The van der Waals surface area contributed by atoms with Gasteiger partial charge in [0.05, 0.1) is 0 Å². The standard InChI is InChI=1S/C15H22ClN3O/c1-3-12-7-5-6-8-19(12)15(20)11-9-13(16)18-14(10-11)17-4-2/h9-10,12H,3-8H2,1-2H3,(H,17,18). The third-order valence-electron chi connectivity index (χ3n) is 3.76. The molecule has 1 aromatic heterocycles. The molecule has 1 aliphatic rings. The summed E-state index contributed by atoms with van der Waals surface area (Å²) in [6, 6.07) is 3.80. The zero-order chi connectivity index (χ0) is 14.5. The highest BCUT2D eigenvalue weighted by Crippen LogP contribution is 2.23. The molecule has 2 rings (SSSR count). The predicted octanol–water partition coefficient (Wildman–Crippen LogP) is 3.57. The van der Waals surface area contributed by atoms with Gasteiger partial charge in [-0.2, -0.15) is 0 Å². The van der Waals surface area contributed by atoms with Crippen LogP contribution in [0.2, 0.25) is 5.15 Å². The summed E-state index contributed by atoms with van der Waals surface area (Å²) in [6.45, 7) is 5.72. The average Bonchev–Trinajstić information content (AvgIpc) is 2.46. The van der Waals surface area contributed by atoms with Gasteiger partial charge < -0.3 is 10.2 Å². The maximum absolute atomic E-state index is 12.7. The number of amides is 1.